The minimum Gasteiger partial charge on any atom is -0.502 e. The van der Waals surface area contributed by atoms with Crippen LogP contribution in [0.4, 0.5) is 4.39 Å². The molecule has 2 heterocycles. The fourth-order valence-corrected chi connectivity index (χ4v) is 4.88. The molecule has 0 bridgehead atoms. The third-order valence-electron chi connectivity index (χ3n) is 7.21. The van der Waals surface area contributed by atoms with Gasteiger partial charge in [0, 0.05) is 48.9 Å². The Morgan fingerprint density at radius 1 is 1.17 bits per heavy atom. The molecule has 4 N–H and O–H groups in total. The Kier molecular flexibility index (Phi) is 8.67. The summed E-state index contributed by atoms with van der Waals surface area (Å²) < 4.78 is 26.8. The standard InChI is InChI=1S/C26H27B3FN3O8/c1-31-22(35)21(25(27,39)24(37,38)14-34)33-13-17-16(23(33)36)5-3-7-19(17)41-26(28,29)18-6-2-4-15(20(18)30)12-32-8-10-40-11-9-32/h2-7,14,21,37-39H,8-13H2,1H3,(H,31,35). The van der Waals surface area contributed by atoms with Gasteiger partial charge in [-0.1, -0.05) is 24.3 Å². The fourth-order valence-electron chi connectivity index (χ4n) is 4.88. The number of rotatable bonds is 10. The van der Waals surface area contributed by atoms with Gasteiger partial charge in [0.15, 0.2) is 6.29 Å². The molecule has 0 spiro atoms. The summed E-state index contributed by atoms with van der Waals surface area (Å²) in [6.07, 6.45) is -0.468. The number of aldehydes is 1. The van der Waals surface area contributed by atoms with Gasteiger partial charge in [-0.3, -0.25) is 19.3 Å². The van der Waals surface area contributed by atoms with Gasteiger partial charge in [0.25, 0.3) is 5.91 Å². The van der Waals surface area contributed by atoms with Crippen molar-refractivity contribution >= 4 is 41.6 Å². The van der Waals surface area contributed by atoms with E-state index in [-0.39, 0.29) is 22.4 Å². The molecule has 2 unspecified atom stereocenters. The first kappa shape index (κ1) is 30.7. The van der Waals surface area contributed by atoms with Crippen LogP contribution in [0.5, 0.6) is 5.75 Å². The molecule has 41 heavy (non-hydrogen) atoms. The number of likely N-dealkylation sites (N-methyl/N-ethyl adjacent to an activating group) is 1. The lowest BCUT2D eigenvalue weighted by atomic mass is 9.60. The van der Waals surface area contributed by atoms with E-state index in [0.717, 1.165) is 11.9 Å². The van der Waals surface area contributed by atoms with Crippen LogP contribution in [0.3, 0.4) is 0 Å². The van der Waals surface area contributed by atoms with Crippen molar-refractivity contribution in [3.05, 3.63) is 64.5 Å². The lowest BCUT2D eigenvalue weighted by molar-refractivity contribution is -0.234. The maximum Gasteiger partial charge on any atom is 0.255 e. The summed E-state index contributed by atoms with van der Waals surface area (Å²) in [6.45, 7) is 2.17. The molecule has 1 fully saturated rings. The number of carbonyl (C=O) groups excluding carboxylic acids is 3. The molecule has 2 aliphatic rings. The monoisotopic (exact) mass is 561 g/mol. The van der Waals surface area contributed by atoms with Gasteiger partial charge >= 0.3 is 0 Å². The second-order valence-electron chi connectivity index (χ2n) is 9.96. The van der Waals surface area contributed by atoms with E-state index in [1.807, 2.05) is 4.90 Å². The summed E-state index contributed by atoms with van der Waals surface area (Å²) in [6, 6.07) is 6.64. The average Bonchev–Trinajstić information content (AvgIpc) is 3.26. The lowest BCUT2D eigenvalue weighted by Crippen LogP contribution is -2.70. The third kappa shape index (κ3) is 5.77. The minimum atomic E-state index is -3.61. The van der Waals surface area contributed by atoms with E-state index in [9.17, 15) is 29.7 Å². The van der Waals surface area contributed by atoms with E-state index in [0.29, 0.717) is 38.4 Å². The molecule has 2 aromatic rings. The quantitative estimate of drug-likeness (QED) is 0.147. The van der Waals surface area contributed by atoms with Crippen LogP contribution < -0.4 is 10.1 Å². The van der Waals surface area contributed by atoms with Crippen LogP contribution in [-0.2, 0) is 32.8 Å². The predicted octanol–water partition coefficient (Wildman–Crippen LogP) is -2.01. The largest absolute Gasteiger partial charge is 0.502 e. The van der Waals surface area contributed by atoms with Gasteiger partial charge in [0.05, 0.1) is 25.2 Å². The van der Waals surface area contributed by atoms with Gasteiger partial charge in [-0.2, -0.15) is 0 Å². The van der Waals surface area contributed by atoms with Crippen molar-refractivity contribution in [2.45, 2.75) is 35.8 Å². The fraction of sp³-hybridized carbons (Fsp3) is 0.423. The highest BCUT2D eigenvalue weighted by atomic mass is 19.1. The second kappa shape index (κ2) is 11.6. The summed E-state index contributed by atoms with van der Waals surface area (Å²) in [7, 11) is 19.3. The highest BCUT2D eigenvalue weighted by molar-refractivity contribution is 6.39. The number of amides is 2. The SMILES string of the molecule is [B]C([B])(Oc1cccc2c1CN(C(C(=O)NC)C([B])(O)C(O)(O)C=O)C2=O)c1cccc(CN2CCOCC2)c1F. The van der Waals surface area contributed by atoms with Gasteiger partial charge in [0.1, 0.15) is 46.6 Å². The molecule has 210 valence electrons. The molecule has 2 amide bonds. The van der Waals surface area contributed by atoms with E-state index >= 15 is 4.39 Å². The number of hydrogen-bond donors (Lipinski definition) is 4. The summed E-state index contributed by atoms with van der Waals surface area (Å²) in [5, 5.41) is 30.7. The molecule has 0 saturated carbocycles. The minimum absolute atomic E-state index is 0.0166. The number of ether oxygens (including phenoxy) is 2. The zero-order valence-corrected chi connectivity index (χ0v) is 22.2. The first-order chi connectivity index (χ1) is 19.2. The normalized spacial score (nSPS) is 18.4. The molecule has 0 aromatic heterocycles. The zero-order chi connectivity index (χ0) is 30.2. The molecule has 1 saturated heterocycles. The first-order valence-electron chi connectivity index (χ1n) is 12.7. The molecule has 2 aromatic carbocycles. The van der Waals surface area contributed by atoms with Gasteiger partial charge in [-0.25, -0.2) is 4.39 Å². The molecule has 15 heteroatoms. The summed E-state index contributed by atoms with van der Waals surface area (Å²) in [5.41, 5.74) is -3.02. The number of halogens is 1. The van der Waals surface area contributed by atoms with Crippen molar-refractivity contribution in [2.24, 2.45) is 0 Å². The number of benzene rings is 2. The van der Waals surface area contributed by atoms with Crippen LogP contribution in [0.25, 0.3) is 0 Å². The lowest BCUT2D eigenvalue weighted by Gasteiger charge is -2.42. The van der Waals surface area contributed by atoms with Crippen molar-refractivity contribution < 1.29 is 43.6 Å². The number of aliphatic hydroxyl groups is 3. The Balaban J connectivity index is 1.65. The summed E-state index contributed by atoms with van der Waals surface area (Å²) in [5.74, 6) is -6.28. The van der Waals surface area contributed by atoms with Crippen molar-refractivity contribution in [3.8, 4) is 5.75 Å². The Bertz CT molecular complexity index is 1340. The molecular weight excluding hydrogens is 534 g/mol. The Hall–Kier alpha value is -3.23. The summed E-state index contributed by atoms with van der Waals surface area (Å²) >= 11 is 0. The number of carbonyl (C=O) groups is 3. The maximum atomic E-state index is 15.6. The highest BCUT2D eigenvalue weighted by Gasteiger charge is 2.56. The van der Waals surface area contributed by atoms with Gasteiger partial charge in [0.2, 0.25) is 11.7 Å². The Morgan fingerprint density at radius 2 is 1.83 bits per heavy atom. The number of hydrogen-bond acceptors (Lipinski definition) is 9. The van der Waals surface area contributed by atoms with Crippen molar-refractivity contribution in [2.75, 3.05) is 33.4 Å². The van der Waals surface area contributed by atoms with Crippen LogP contribution in [0.1, 0.15) is 27.0 Å². The number of fused-ring (bicyclic) bond motifs is 1. The number of nitrogens with one attached hydrogen (secondary N) is 1. The molecule has 11 nitrogen and oxygen atoms in total. The van der Waals surface area contributed by atoms with E-state index in [2.05, 4.69) is 5.32 Å². The van der Waals surface area contributed by atoms with Crippen molar-refractivity contribution in [3.63, 3.8) is 0 Å². The topological polar surface area (TPSA) is 149 Å². The van der Waals surface area contributed by atoms with Crippen molar-refractivity contribution in [1.82, 2.24) is 15.1 Å². The van der Waals surface area contributed by atoms with Crippen LogP contribution in [0, 0.1) is 5.82 Å². The van der Waals surface area contributed by atoms with Crippen LogP contribution in [0.15, 0.2) is 36.4 Å². The molecule has 4 rings (SSSR count). The maximum absolute atomic E-state index is 15.6. The van der Waals surface area contributed by atoms with Crippen LogP contribution in [0.2, 0.25) is 0 Å². The average molecular weight is 561 g/mol. The van der Waals surface area contributed by atoms with Gasteiger partial charge < -0.3 is 35.0 Å². The van der Waals surface area contributed by atoms with Crippen molar-refractivity contribution in [1.29, 1.82) is 0 Å². The van der Waals surface area contributed by atoms with Crippen LogP contribution >= 0.6 is 0 Å². The Labute approximate surface area is 239 Å². The molecule has 2 atom stereocenters. The van der Waals surface area contributed by atoms with Gasteiger partial charge in [-0.05, 0) is 12.1 Å². The molecular formula is C26H27B3FN3O8. The van der Waals surface area contributed by atoms with E-state index in [4.69, 9.17) is 33.0 Å². The molecule has 0 aliphatic carbocycles. The third-order valence-corrected chi connectivity index (χ3v) is 7.21. The number of morpholine rings is 1. The van der Waals surface area contributed by atoms with E-state index < -0.39 is 53.2 Å². The smallest absolute Gasteiger partial charge is 0.255 e. The van der Waals surface area contributed by atoms with E-state index in [1.54, 1.807) is 12.1 Å². The first-order valence-corrected chi connectivity index (χ1v) is 12.7. The second-order valence-corrected chi connectivity index (χ2v) is 9.96. The van der Waals surface area contributed by atoms with E-state index in [1.165, 1.54) is 24.3 Å². The molecule has 2 aliphatic heterocycles. The summed E-state index contributed by atoms with van der Waals surface area (Å²) in [4.78, 5) is 40.0. The van der Waals surface area contributed by atoms with Gasteiger partial charge in [-0.15, -0.1) is 0 Å². The Morgan fingerprint density at radius 3 is 2.46 bits per heavy atom. The zero-order valence-electron chi connectivity index (χ0n) is 22.2. The molecule has 6 radical (unpaired) electrons. The number of nitrogens with zero attached hydrogens (tertiary/aromatic N) is 2. The highest BCUT2D eigenvalue weighted by Crippen LogP contribution is 2.38. The van der Waals surface area contributed by atoms with Crippen LogP contribution in [-0.4, -0.2) is 117 Å². The predicted molar refractivity (Wildman–Crippen MR) is 144 cm³/mol.